The molecule has 8 saturated heterocycles. The van der Waals surface area contributed by atoms with Crippen molar-refractivity contribution in [2.75, 3.05) is 13.2 Å². The number of hydrogen-bond donors (Lipinski definition) is 4. The smallest absolute Gasteiger partial charge is 0.311 e. The maximum absolute atomic E-state index is 14.1. The lowest BCUT2D eigenvalue weighted by Crippen LogP contribution is -2.59. The molecule has 0 amide bonds. The quantitative estimate of drug-likeness (QED) is 0.288. The number of aliphatic hydroxyl groups excluding tert-OH is 3. The van der Waals surface area contributed by atoms with Crippen molar-refractivity contribution in [1.29, 1.82) is 0 Å². The molecule has 0 aromatic rings. The molecule has 15 heteroatoms. The van der Waals surface area contributed by atoms with Crippen LogP contribution in [0, 0.1) is 17.8 Å². The lowest BCUT2D eigenvalue weighted by molar-refractivity contribution is -0.365. The molecular formula is C47H70O15. The molecule has 9 aliphatic heterocycles. The van der Waals surface area contributed by atoms with Gasteiger partial charge < -0.3 is 63.1 Å². The summed E-state index contributed by atoms with van der Waals surface area (Å²) in [6.07, 6.45) is 4.76. The maximum atomic E-state index is 14.1. The number of allylic oxidation sites excluding steroid dienone is 3. The Bertz CT molecular complexity index is 1770. The van der Waals surface area contributed by atoms with Crippen LogP contribution in [-0.4, -0.2) is 141 Å². The highest BCUT2D eigenvalue weighted by molar-refractivity contribution is 5.86. The topological polar surface area (TPSA) is 198 Å². The lowest BCUT2D eigenvalue weighted by Gasteiger charge is -2.47. The number of rotatable bonds is 2. The Kier molecular flexibility index (Phi) is 12.0. The van der Waals surface area contributed by atoms with Crippen molar-refractivity contribution in [2.45, 2.75) is 227 Å². The van der Waals surface area contributed by atoms with Crippen molar-refractivity contribution < 1.29 is 72.6 Å². The Labute approximate surface area is 365 Å². The standard InChI is InChI=1S/C47H70O15/c1-26-9-10-32-34(21-37(55-32)47(53)39(50)28(3)13-19-54-47)56-41(52)29(4)31-8-7-14-45(57-31)16-11-33(58-45)40(51)43(6)23-30(49)38(61-43)35-24-44(25-48)17-18-46(59-35,62-44)36-12-15-42(5,60-36)22-27(2)20-26/h9-10,20,27-29,31-40,48,50-51,53H,7-8,11-19,21-25H2,1-6H3. The van der Waals surface area contributed by atoms with Crippen LogP contribution >= 0.6 is 0 Å². The second kappa shape index (κ2) is 16.5. The summed E-state index contributed by atoms with van der Waals surface area (Å²) in [6.45, 7) is 11.7. The molecule has 348 valence electrons. The minimum absolute atomic E-state index is 0.0379. The van der Waals surface area contributed by atoms with Crippen LogP contribution in [0.5, 0.6) is 0 Å². The number of aliphatic hydroxyl groups is 4. The fourth-order valence-electron chi connectivity index (χ4n) is 12.5. The van der Waals surface area contributed by atoms with Gasteiger partial charge in [-0.25, -0.2) is 0 Å². The number of carbonyl (C=O) groups is 2. The molecule has 0 aromatic carbocycles. The van der Waals surface area contributed by atoms with Gasteiger partial charge in [-0.3, -0.25) is 9.59 Å². The first-order valence-corrected chi connectivity index (χ1v) is 23.5. The van der Waals surface area contributed by atoms with E-state index in [9.17, 15) is 30.0 Å². The Morgan fingerprint density at radius 3 is 2.39 bits per heavy atom. The number of carbonyl (C=O) groups excluding carboxylic acids is 2. The van der Waals surface area contributed by atoms with Crippen molar-refractivity contribution >= 4 is 11.8 Å². The molecule has 8 fully saturated rings. The largest absolute Gasteiger partial charge is 0.459 e. The molecule has 0 saturated carbocycles. The molecule has 0 radical (unpaired) electrons. The second-order valence-corrected chi connectivity index (χ2v) is 21.2. The molecule has 0 aromatic heterocycles. The molecule has 9 aliphatic rings. The van der Waals surface area contributed by atoms with Crippen molar-refractivity contribution in [2.24, 2.45) is 17.8 Å². The van der Waals surface area contributed by atoms with Gasteiger partial charge in [0.1, 0.15) is 48.3 Å². The van der Waals surface area contributed by atoms with Crippen molar-refractivity contribution in [3.8, 4) is 0 Å². The summed E-state index contributed by atoms with van der Waals surface area (Å²) >= 11 is 0. The van der Waals surface area contributed by atoms with E-state index in [1.807, 2.05) is 26.0 Å². The number of fused-ring (bicyclic) bond motifs is 10. The van der Waals surface area contributed by atoms with Crippen LogP contribution in [0.15, 0.2) is 23.8 Å². The number of Topliss-reactive ketones (excluding diaryl/α,β-unsaturated/α-hetero) is 1. The second-order valence-electron chi connectivity index (χ2n) is 21.2. The maximum Gasteiger partial charge on any atom is 0.311 e. The fraction of sp³-hybridized carbons (Fsp3) is 0.872. The van der Waals surface area contributed by atoms with Gasteiger partial charge >= 0.3 is 5.97 Å². The Morgan fingerprint density at radius 1 is 0.806 bits per heavy atom. The molecule has 15 nitrogen and oxygen atoms in total. The van der Waals surface area contributed by atoms with E-state index in [0.29, 0.717) is 57.8 Å². The molecule has 2 spiro atoms. The zero-order chi connectivity index (χ0) is 44.0. The first-order chi connectivity index (χ1) is 29.3. The van der Waals surface area contributed by atoms with Gasteiger partial charge in [-0.05, 0) is 90.9 Å². The van der Waals surface area contributed by atoms with E-state index in [1.54, 1.807) is 13.8 Å². The van der Waals surface area contributed by atoms with E-state index in [2.05, 4.69) is 19.9 Å². The van der Waals surface area contributed by atoms with E-state index in [-0.39, 0.29) is 50.1 Å². The Morgan fingerprint density at radius 2 is 1.60 bits per heavy atom. The zero-order valence-corrected chi connectivity index (χ0v) is 37.3. The molecule has 9 rings (SSSR count). The van der Waals surface area contributed by atoms with Crippen LogP contribution in [0.25, 0.3) is 0 Å². The Balaban J connectivity index is 1.01. The Hall–Kier alpha value is -1.86. The van der Waals surface area contributed by atoms with Crippen LogP contribution in [-0.2, 0) is 52.2 Å². The third kappa shape index (κ3) is 8.09. The van der Waals surface area contributed by atoms with Gasteiger partial charge in [-0.2, -0.15) is 0 Å². The van der Waals surface area contributed by atoms with Crippen LogP contribution in [0.2, 0.25) is 0 Å². The van der Waals surface area contributed by atoms with Gasteiger partial charge in [0.05, 0.1) is 48.6 Å². The first kappa shape index (κ1) is 45.3. The van der Waals surface area contributed by atoms with Crippen LogP contribution in [0.3, 0.4) is 0 Å². The zero-order valence-electron chi connectivity index (χ0n) is 37.3. The molecule has 19 unspecified atom stereocenters. The van der Waals surface area contributed by atoms with Gasteiger partial charge in [-0.15, -0.1) is 0 Å². The summed E-state index contributed by atoms with van der Waals surface area (Å²) in [5.74, 6) is -5.63. The van der Waals surface area contributed by atoms with E-state index in [0.717, 1.165) is 18.4 Å². The predicted molar refractivity (Wildman–Crippen MR) is 219 cm³/mol. The van der Waals surface area contributed by atoms with Gasteiger partial charge in [0.2, 0.25) is 5.79 Å². The monoisotopic (exact) mass is 874 g/mol. The minimum atomic E-state index is -1.97. The van der Waals surface area contributed by atoms with E-state index >= 15 is 0 Å². The normalized spacial score (nSPS) is 53.6. The van der Waals surface area contributed by atoms with Gasteiger partial charge in [-0.1, -0.05) is 37.6 Å². The fourth-order valence-corrected chi connectivity index (χ4v) is 12.5. The number of hydrogen-bond acceptors (Lipinski definition) is 15. The predicted octanol–water partition coefficient (Wildman–Crippen LogP) is 4.23. The summed E-state index contributed by atoms with van der Waals surface area (Å²) in [4.78, 5) is 28.0. The summed E-state index contributed by atoms with van der Waals surface area (Å²) in [5.41, 5.74) is -1.73. The van der Waals surface area contributed by atoms with Crippen LogP contribution in [0.1, 0.15) is 131 Å². The summed E-state index contributed by atoms with van der Waals surface area (Å²) in [5, 5.41) is 45.5. The SMILES string of the molecule is CC1=CC(C)CC2(C)CCC(O2)C23CCC(CO)(CC(O2)C2OC(C)(CC2=O)C(O)C2CCC4(CCCC(O4)C(C)C(=O)OC4CC(C5(O)OCCC(C)C5O)OC4C=C1)O2)O3. The molecule has 19 atom stereocenters. The number of ketones is 1. The van der Waals surface area contributed by atoms with E-state index in [1.165, 1.54) is 0 Å². The van der Waals surface area contributed by atoms with Crippen LogP contribution in [0.4, 0.5) is 0 Å². The lowest BCUT2D eigenvalue weighted by atomic mass is 9.87. The highest BCUT2D eigenvalue weighted by Gasteiger charge is 2.66. The van der Waals surface area contributed by atoms with E-state index in [4.69, 9.17) is 42.6 Å². The molecular weight excluding hydrogens is 805 g/mol. The molecule has 4 N–H and O–H groups in total. The number of ether oxygens (including phenoxy) is 9. The van der Waals surface area contributed by atoms with Crippen molar-refractivity contribution in [3.63, 3.8) is 0 Å². The molecule has 62 heavy (non-hydrogen) atoms. The first-order valence-electron chi connectivity index (χ1n) is 23.5. The van der Waals surface area contributed by atoms with Crippen molar-refractivity contribution in [1.82, 2.24) is 0 Å². The molecule has 10 bridgehead atoms. The third-order valence-electron chi connectivity index (χ3n) is 16.0. The van der Waals surface area contributed by atoms with Crippen LogP contribution < -0.4 is 0 Å². The molecule has 9 heterocycles. The van der Waals surface area contributed by atoms with Crippen molar-refractivity contribution in [3.05, 3.63) is 23.8 Å². The third-order valence-corrected chi connectivity index (χ3v) is 16.0. The minimum Gasteiger partial charge on any atom is -0.459 e. The summed E-state index contributed by atoms with van der Waals surface area (Å²) in [6, 6.07) is 0. The van der Waals surface area contributed by atoms with Gasteiger partial charge in [0, 0.05) is 38.5 Å². The van der Waals surface area contributed by atoms with Gasteiger partial charge in [0.25, 0.3) is 0 Å². The average molecular weight is 875 g/mol. The average Bonchev–Trinajstić information content (AvgIpc) is 4.06. The number of esters is 1. The highest BCUT2D eigenvalue weighted by atomic mass is 16.8. The summed E-state index contributed by atoms with van der Waals surface area (Å²) < 4.78 is 58.8. The highest BCUT2D eigenvalue weighted by Crippen LogP contribution is 2.55. The van der Waals surface area contributed by atoms with E-state index < -0.39 is 107 Å². The van der Waals surface area contributed by atoms with Gasteiger partial charge in [0.15, 0.2) is 17.4 Å². The molecule has 0 aliphatic carbocycles. The summed E-state index contributed by atoms with van der Waals surface area (Å²) in [7, 11) is 0.